The fourth-order valence-electron chi connectivity index (χ4n) is 5.64. The molecule has 39 heavy (non-hydrogen) atoms. The monoisotopic (exact) mass is 605 g/mol. The second kappa shape index (κ2) is 10.3. The molecule has 2 atom stereocenters. The zero-order chi connectivity index (χ0) is 27.1. The average molecular weight is 607 g/mol. The van der Waals surface area contributed by atoms with Gasteiger partial charge in [0.1, 0.15) is 11.4 Å². The SMILES string of the molecule is COc1ccc(-c2nn([C@@H]3CCS(=O)(=O)C3)c3c2[C@@H](c2ccc(Br)cc2)N(CCc2ccccc2)C3=O)cc1. The molecule has 0 N–H and O–H groups in total. The Kier molecular flexibility index (Phi) is 6.81. The molecule has 2 aliphatic heterocycles. The van der Waals surface area contributed by atoms with Gasteiger partial charge in [-0.05, 0) is 60.4 Å². The normalized spacial score (nSPS) is 19.8. The number of methoxy groups -OCH3 is 1. The fraction of sp³-hybridized carbons (Fsp3) is 0.267. The smallest absolute Gasteiger partial charge is 0.273 e. The predicted octanol–water partition coefficient (Wildman–Crippen LogP) is 5.47. The van der Waals surface area contributed by atoms with Crippen molar-refractivity contribution in [2.45, 2.75) is 24.9 Å². The van der Waals surface area contributed by atoms with Crippen molar-refractivity contribution in [2.24, 2.45) is 0 Å². The van der Waals surface area contributed by atoms with Gasteiger partial charge < -0.3 is 9.64 Å². The summed E-state index contributed by atoms with van der Waals surface area (Å²) < 4.78 is 32.9. The number of benzene rings is 3. The van der Waals surface area contributed by atoms with Gasteiger partial charge in [0, 0.05) is 22.1 Å². The molecule has 200 valence electrons. The number of nitrogens with zero attached hydrogens (tertiary/aromatic N) is 3. The highest BCUT2D eigenvalue weighted by molar-refractivity contribution is 9.10. The summed E-state index contributed by atoms with van der Waals surface area (Å²) in [5.41, 5.74) is 4.99. The van der Waals surface area contributed by atoms with Gasteiger partial charge in [0.2, 0.25) is 0 Å². The first kappa shape index (κ1) is 25.8. The molecule has 1 saturated heterocycles. The van der Waals surface area contributed by atoms with Crippen LogP contribution in [0.5, 0.6) is 5.75 Å². The number of sulfone groups is 1. The van der Waals surface area contributed by atoms with Gasteiger partial charge in [-0.25, -0.2) is 8.42 Å². The molecule has 6 rings (SSSR count). The fourth-order valence-corrected chi connectivity index (χ4v) is 7.60. The zero-order valence-corrected chi connectivity index (χ0v) is 23.9. The largest absolute Gasteiger partial charge is 0.497 e. The van der Waals surface area contributed by atoms with E-state index in [2.05, 4.69) is 28.1 Å². The Bertz CT molecular complexity index is 1620. The maximum Gasteiger partial charge on any atom is 0.273 e. The first-order valence-electron chi connectivity index (χ1n) is 12.9. The Balaban J connectivity index is 1.51. The van der Waals surface area contributed by atoms with E-state index in [1.165, 1.54) is 0 Å². The lowest BCUT2D eigenvalue weighted by Gasteiger charge is -2.27. The molecule has 9 heteroatoms. The van der Waals surface area contributed by atoms with E-state index in [4.69, 9.17) is 9.84 Å². The highest BCUT2D eigenvalue weighted by Gasteiger charge is 2.46. The lowest BCUT2D eigenvalue weighted by Crippen LogP contribution is -2.32. The molecule has 4 aromatic rings. The third kappa shape index (κ3) is 4.89. The van der Waals surface area contributed by atoms with Crippen LogP contribution in [0.2, 0.25) is 0 Å². The number of carbonyl (C=O) groups excluding carboxylic acids is 1. The average Bonchev–Trinajstić information content (AvgIpc) is 3.60. The third-order valence-corrected chi connectivity index (χ3v) is 9.86. The lowest BCUT2D eigenvalue weighted by atomic mass is 9.96. The second-order valence-corrected chi connectivity index (χ2v) is 13.2. The standard InChI is InChI=1S/C30H28BrN3O4S/c1-38-25-13-9-21(10-14-25)27-26-28(22-7-11-23(31)12-8-22)33(17-15-20-5-3-2-4-6-20)30(35)29(26)34(32-27)24-16-18-39(36,37)19-24/h2-14,24,28H,15-19H2,1H3/t24-,28-/m1/s1. The van der Waals surface area contributed by atoms with Crippen molar-refractivity contribution in [1.82, 2.24) is 14.7 Å². The molecule has 2 aliphatic rings. The minimum absolute atomic E-state index is 0.0105. The van der Waals surface area contributed by atoms with Crippen molar-refractivity contribution in [1.29, 1.82) is 0 Å². The Morgan fingerprint density at radius 2 is 1.72 bits per heavy atom. The highest BCUT2D eigenvalue weighted by Crippen LogP contribution is 2.45. The molecule has 1 fully saturated rings. The van der Waals surface area contributed by atoms with Crippen molar-refractivity contribution < 1.29 is 17.9 Å². The number of ether oxygens (including phenoxy) is 1. The Hall–Kier alpha value is -3.43. The van der Waals surface area contributed by atoms with Crippen LogP contribution in [0.25, 0.3) is 11.3 Å². The van der Waals surface area contributed by atoms with E-state index in [-0.39, 0.29) is 29.5 Å². The summed E-state index contributed by atoms with van der Waals surface area (Å²) >= 11 is 3.53. The third-order valence-electron chi connectivity index (χ3n) is 7.58. The maximum absolute atomic E-state index is 14.2. The summed E-state index contributed by atoms with van der Waals surface area (Å²) in [6.45, 7) is 0.517. The van der Waals surface area contributed by atoms with Gasteiger partial charge in [-0.1, -0.05) is 58.4 Å². The number of carbonyl (C=O) groups is 1. The van der Waals surface area contributed by atoms with Crippen LogP contribution in [0.4, 0.5) is 0 Å². The second-order valence-electron chi connectivity index (χ2n) is 10.0. The molecular weight excluding hydrogens is 578 g/mol. The van der Waals surface area contributed by atoms with Crippen molar-refractivity contribution in [3.8, 4) is 17.0 Å². The highest BCUT2D eigenvalue weighted by atomic mass is 79.9. The van der Waals surface area contributed by atoms with E-state index in [0.29, 0.717) is 30.8 Å². The number of hydrogen-bond acceptors (Lipinski definition) is 5. The van der Waals surface area contributed by atoms with Crippen LogP contribution in [-0.2, 0) is 16.3 Å². The van der Waals surface area contributed by atoms with Gasteiger partial charge in [-0.3, -0.25) is 9.48 Å². The van der Waals surface area contributed by atoms with E-state index in [9.17, 15) is 13.2 Å². The predicted molar refractivity (Wildman–Crippen MR) is 154 cm³/mol. The van der Waals surface area contributed by atoms with Gasteiger partial charge in [0.05, 0.1) is 36.4 Å². The first-order chi connectivity index (χ1) is 18.8. The molecule has 7 nitrogen and oxygen atoms in total. The number of amides is 1. The molecule has 1 aromatic heterocycles. The van der Waals surface area contributed by atoms with E-state index in [1.54, 1.807) is 11.8 Å². The minimum atomic E-state index is -3.18. The maximum atomic E-state index is 14.2. The molecule has 0 saturated carbocycles. The number of hydrogen-bond donors (Lipinski definition) is 0. The molecular formula is C30H28BrN3O4S. The summed E-state index contributed by atoms with van der Waals surface area (Å²) in [5.74, 6) is 0.697. The van der Waals surface area contributed by atoms with Crippen molar-refractivity contribution in [3.05, 3.63) is 106 Å². The van der Waals surface area contributed by atoms with Crippen LogP contribution < -0.4 is 4.74 Å². The summed E-state index contributed by atoms with van der Waals surface area (Å²) in [6, 6.07) is 25.0. The topological polar surface area (TPSA) is 81.5 Å². The molecule has 3 heterocycles. The van der Waals surface area contributed by atoms with Crippen LogP contribution >= 0.6 is 15.9 Å². The molecule has 0 bridgehead atoms. The van der Waals surface area contributed by atoms with Crippen LogP contribution in [-0.4, -0.2) is 54.2 Å². The quantitative estimate of drug-likeness (QED) is 0.279. The zero-order valence-electron chi connectivity index (χ0n) is 21.5. The summed E-state index contributed by atoms with van der Waals surface area (Å²) in [6.07, 6.45) is 1.14. The number of aromatic nitrogens is 2. The van der Waals surface area contributed by atoms with E-state index in [0.717, 1.165) is 32.5 Å². The van der Waals surface area contributed by atoms with Gasteiger partial charge >= 0.3 is 0 Å². The molecule has 0 radical (unpaired) electrons. The van der Waals surface area contributed by atoms with Gasteiger partial charge in [-0.2, -0.15) is 5.10 Å². The number of halogens is 1. The van der Waals surface area contributed by atoms with Gasteiger partial charge in [0.15, 0.2) is 9.84 Å². The van der Waals surface area contributed by atoms with E-state index >= 15 is 0 Å². The lowest BCUT2D eigenvalue weighted by molar-refractivity contribution is 0.0738. The summed E-state index contributed by atoms with van der Waals surface area (Å²) in [5, 5.41) is 4.96. The first-order valence-corrected chi connectivity index (χ1v) is 15.5. The van der Waals surface area contributed by atoms with Crippen LogP contribution in [0, 0.1) is 0 Å². The van der Waals surface area contributed by atoms with Crippen molar-refractivity contribution in [3.63, 3.8) is 0 Å². The summed E-state index contributed by atoms with van der Waals surface area (Å²) in [4.78, 5) is 16.2. The number of fused-ring (bicyclic) bond motifs is 1. The molecule has 3 aromatic carbocycles. The van der Waals surface area contributed by atoms with Crippen molar-refractivity contribution in [2.75, 3.05) is 25.2 Å². The Morgan fingerprint density at radius 3 is 2.36 bits per heavy atom. The van der Waals surface area contributed by atoms with Crippen LogP contribution in [0.3, 0.4) is 0 Å². The number of rotatable bonds is 7. The minimum Gasteiger partial charge on any atom is -0.497 e. The molecule has 0 unspecified atom stereocenters. The molecule has 0 aliphatic carbocycles. The van der Waals surface area contributed by atoms with Gasteiger partial charge in [0.25, 0.3) is 5.91 Å². The van der Waals surface area contributed by atoms with E-state index in [1.807, 2.05) is 71.6 Å². The molecule has 0 spiro atoms. The van der Waals surface area contributed by atoms with Gasteiger partial charge in [-0.15, -0.1) is 0 Å². The Labute approximate surface area is 236 Å². The Morgan fingerprint density at radius 1 is 1.00 bits per heavy atom. The van der Waals surface area contributed by atoms with Crippen LogP contribution in [0.1, 0.15) is 45.7 Å². The van der Waals surface area contributed by atoms with Crippen LogP contribution in [0.15, 0.2) is 83.3 Å². The molecule has 1 amide bonds. The van der Waals surface area contributed by atoms with Crippen molar-refractivity contribution >= 4 is 31.7 Å². The summed E-state index contributed by atoms with van der Waals surface area (Å²) in [7, 11) is -1.56. The van der Waals surface area contributed by atoms with E-state index < -0.39 is 9.84 Å².